The van der Waals surface area contributed by atoms with Crippen LogP contribution in [0.25, 0.3) is 11.3 Å². The molecule has 164 valence electrons. The summed E-state index contributed by atoms with van der Waals surface area (Å²) in [6, 6.07) is 9.14. The van der Waals surface area contributed by atoms with Crippen LogP contribution in [0.5, 0.6) is 0 Å². The third-order valence-corrected chi connectivity index (χ3v) is 6.29. The predicted molar refractivity (Wildman–Crippen MR) is 110 cm³/mol. The number of rotatable bonds is 10. The van der Waals surface area contributed by atoms with E-state index in [9.17, 15) is 18.5 Å². The van der Waals surface area contributed by atoms with Gasteiger partial charge in [-0.3, -0.25) is 4.68 Å². The molecular weight excluding hydrogens is 410 g/mol. The van der Waals surface area contributed by atoms with Gasteiger partial charge in [-0.05, 0) is 43.0 Å². The zero-order chi connectivity index (χ0) is 21.6. The zero-order valence-electron chi connectivity index (χ0n) is 17.0. The first kappa shape index (κ1) is 22.2. The van der Waals surface area contributed by atoms with Crippen molar-refractivity contribution in [1.29, 1.82) is 0 Å². The summed E-state index contributed by atoms with van der Waals surface area (Å²) in [4.78, 5) is 14.7. The average molecular weight is 438 g/mol. The summed E-state index contributed by atoms with van der Waals surface area (Å²) in [5.41, 5.74) is 2.63. The second-order valence-corrected chi connectivity index (χ2v) is 9.53. The summed E-state index contributed by atoms with van der Waals surface area (Å²) in [6.45, 7) is 0.635. The fourth-order valence-electron chi connectivity index (χ4n) is 3.68. The summed E-state index contributed by atoms with van der Waals surface area (Å²) in [5.74, 6) is 0. The van der Waals surface area contributed by atoms with Crippen molar-refractivity contribution >= 4 is 9.84 Å². The normalized spacial score (nSPS) is 15.2. The van der Waals surface area contributed by atoms with E-state index in [0.29, 0.717) is 25.7 Å². The van der Waals surface area contributed by atoms with Gasteiger partial charge in [-0.2, -0.15) is 5.10 Å². The van der Waals surface area contributed by atoms with Crippen molar-refractivity contribution < 1.29 is 23.1 Å². The topological polar surface area (TPSA) is 114 Å². The van der Waals surface area contributed by atoms with Crippen LogP contribution < -0.4 is 0 Å². The summed E-state index contributed by atoms with van der Waals surface area (Å²) >= 11 is 0. The molecular formula is C20H27N3O6S. The Kier molecular flexibility index (Phi) is 7.43. The number of ether oxygens (including phenoxy) is 1. The molecule has 1 aromatic heterocycles. The first-order valence-corrected chi connectivity index (χ1v) is 12.0. The van der Waals surface area contributed by atoms with E-state index in [4.69, 9.17) is 9.84 Å². The second-order valence-electron chi connectivity index (χ2n) is 7.52. The Morgan fingerprint density at radius 3 is 2.50 bits per heavy atom. The minimum absolute atomic E-state index is 0.00144. The third kappa shape index (κ3) is 6.02. The van der Waals surface area contributed by atoms with Gasteiger partial charge in [-0.25, -0.2) is 8.42 Å². The van der Waals surface area contributed by atoms with Crippen LogP contribution >= 0.6 is 0 Å². The van der Waals surface area contributed by atoms with E-state index in [0.717, 1.165) is 29.8 Å². The molecule has 0 radical (unpaired) electrons. The van der Waals surface area contributed by atoms with Gasteiger partial charge in [0, 0.05) is 12.9 Å². The molecule has 1 heterocycles. The Hall–Kier alpha value is -2.46. The Bertz CT molecular complexity index is 949. The number of nitrogens with zero attached hydrogens (tertiary/aromatic N) is 3. The van der Waals surface area contributed by atoms with Gasteiger partial charge in [0.1, 0.15) is 0 Å². The lowest BCUT2D eigenvalue weighted by molar-refractivity contribution is -0.757. The monoisotopic (exact) mass is 437 g/mol. The van der Waals surface area contributed by atoms with Crippen LogP contribution in [-0.4, -0.2) is 42.8 Å². The standard InChI is InChI=1S/C20H27N3O6S/c1-30(26,27)19-10-8-16(9-11-19)20-14-17(15-28-12-5-13-29-23(24)25)21-22(20)18-6-3-2-4-7-18/h8-11,14,18H,2-7,12-13,15H2,1H3. The van der Waals surface area contributed by atoms with E-state index >= 15 is 0 Å². The average Bonchev–Trinajstić information content (AvgIpc) is 3.15. The van der Waals surface area contributed by atoms with Gasteiger partial charge in [0.2, 0.25) is 0 Å². The molecule has 30 heavy (non-hydrogen) atoms. The summed E-state index contributed by atoms with van der Waals surface area (Å²) < 4.78 is 31.1. The van der Waals surface area contributed by atoms with Crippen molar-refractivity contribution in [2.45, 2.75) is 56.1 Å². The number of hydrogen-bond donors (Lipinski definition) is 0. The molecule has 0 aliphatic heterocycles. The summed E-state index contributed by atoms with van der Waals surface area (Å²) in [7, 11) is -3.25. The highest BCUT2D eigenvalue weighted by molar-refractivity contribution is 7.90. The molecule has 1 fully saturated rings. The summed E-state index contributed by atoms with van der Waals surface area (Å²) in [6.07, 6.45) is 7.31. The molecule has 1 aromatic carbocycles. The van der Waals surface area contributed by atoms with E-state index in [1.165, 1.54) is 25.5 Å². The predicted octanol–water partition coefficient (Wildman–Crippen LogP) is 3.57. The Balaban J connectivity index is 1.74. The Morgan fingerprint density at radius 1 is 1.17 bits per heavy atom. The number of sulfone groups is 1. The van der Waals surface area contributed by atoms with E-state index in [1.807, 2.05) is 22.9 Å². The van der Waals surface area contributed by atoms with Gasteiger partial charge in [-0.15, -0.1) is 10.1 Å². The van der Waals surface area contributed by atoms with Crippen LogP contribution in [0, 0.1) is 10.1 Å². The molecule has 1 aliphatic rings. The van der Waals surface area contributed by atoms with E-state index in [2.05, 4.69) is 4.84 Å². The zero-order valence-corrected chi connectivity index (χ0v) is 17.8. The number of hydrogen-bond acceptors (Lipinski definition) is 7. The first-order chi connectivity index (χ1) is 14.3. The Morgan fingerprint density at radius 2 is 1.87 bits per heavy atom. The maximum atomic E-state index is 11.7. The molecule has 1 aliphatic carbocycles. The molecule has 0 bridgehead atoms. The maximum Gasteiger partial charge on any atom is 0.294 e. The summed E-state index contributed by atoms with van der Waals surface area (Å²) in [5, 5.41) is 14.1. The lowest BCUT2D eigenvalue weighted by Crippen LogP contribution is -2.15. The molecule has 10 heteroatoms. The number of benzene rings is 1. The molecule has 0 saturated heterocycles. The lowest BCUT2D eigenvalue weighted by Gasteiger charge is -2.24. The third-order valence-electron chi connectivity index (χ3n) is 5.16. The van der Waals surface area contributed by atoms with Crippen molar-refractivity contribution in [3.05, 3.63) is 46.1 Å². The van der Waals surface area contributed by atoms with Crippen LogP contribution in [-0.2, 0) is 26.0 Å². The Labute approximate surface area is 176 Å². The largest absolute Gasteiger partial charge is 0.375 e. The molecule has 0 unspecified atom stereocenters. The van der Waals surface area contributed by atoms with E-state index in [-0.39, 0.29) is 11.5 Å². The fourth-order valence-corrected chi connectivity index (χ4v) is 4.32. The van der Waals surface area contributed by atoms with Crippen LogP contribution in [0.2, 0.25) is 0 Å². The van der Waals surface area contributed by atoms with Crippen LogP contribution in [0.3, 0.4) is 0 Å². The maximum absolute atomic E-state index is 11.7. The molecule has 1 saturated carbocycles. The molecule has 9 nitrogen and oxygen atoms in total. The van der Waals surface area contributed by atoms with Crippen LogP contribution in [0.4, 0.5) is 0 Å². The SMILES string of the molecule is CS(=O)(=O)c1ccc(-c2cc(COCCCO[N+](=O)[O-])nn2C2CCCCC2)cc1. The highest BCUT2D eigenvalue weighted by Crippen LogP contribution is 2.33. The minimum atomic E-state index is -3.25. The lowest BCUT2D eigenvalue weighted by atomic mass is 9.95. The second kappa shape index (κ2) is 10.0. The molecule has 2 aromatic rings. The molecule has 0 spiro atoms. The molecule has 3 rings (SSSR count). The van der Waals surface area contributed by atoms with E-state index < -0.39 is 14.9 Å². The molecule has 0 N–H and O–H groups in total. The molecule has 0 atom stereocenters. The number of aromatic nitrogens is 2. The van der Waals surface area contributed by atoms with Gasteiger partial charge >= 0.3 is 0 Å². The van der Waals surface area contributed by atoms with Crippen molar-refractivity contribution in [2.24, 2.45) is 0 Å². The van der Waals surface area contributed by atoms with E-state index in [1.54, 1.807) is 12.1 Å². The first-order valence-electron chi connectivity index (χ1n) is 10.1. The van der Waals surface area contributed by atoms with Gasteiger partial charge in [0.15, 0.2) is 9.84 Å². The fraction of sp³-hybridized carbons (Fsp3) is 0.550. The van der Waals surface area contributed by atoms with Crippen molar-refractivity contribution in [1.82, 2.24) is 9.78 Å². The highest BCUT2D eigenvalue weighted by atomic mass is 32.2. The highest BCUT2D eigenvalue weighted by Gasteiger charge is 2.21. The van der Waals surface area contributed by atoms with Gasteiger partial charge in [-0.1, -0.05) is 31.4 Å². The van der Waals surface area contributed by atoms with Crippen molar-refractivity contribution in [3.8, 4) is 11.3 Å². The van der Waals surface area contributed by atoms with Crippen molar-refractivity contribution in [2.75, 3.05) is 19.5 Å². The minimum Gasteiger partial charge on any atom is -0.375 e. The van der Waals surface area contributed by atoms with Gasteiger partial charge < -0.3 is 9.57 Å². The van der Waals surface area contributed by atoms with Crippen molar-refractivity contribution in [3.63, 3.8) is 0 Å². The van der Waals surface area contributed by atoms with Crippen LogP contribution in [0.1, 0.15) is 50.3 Å². The van der Waals surface area contributed by atoms with Crippen LogP contribution in [0.15, 0.2) is 35.2 Å². The van der Waals surface area contributed by atoms with Gasteiger partial charge in [0.05, 0.1) is 35.5 Å². The van der Waals surface area contributed by atoms with Gasteiger partial charge in [0.25, 0.3) is 5.09 Å². The quantitative estimate of drug-likeness (QED) is 0.317. The smallest absolute Gasteiger partial charge is 0.294 e. The molecule has 0 amide bonds.